The molecule has 0 saturated heterocycles. The zero-order chi connectivity index (χ0) is 4.50. The maximum Gasteiger partial charge on any atom is 0.316 e. The van der Waals surface area contributed by atoms with Gasteiger partial charge in [-0.1, -0.05) is 0 Å². The molecule has 0 spiro atoms. The van der Waals surface area contributed by atoms with Crippen molar-refractivity contribution in [2.45, 2.75) is 0 Å². The van der Waals surface area contributed by atoms with E-state index in [4.69, 9.17) is 19.2 Å². The third-order valence-electron chi connectivity index (χ3n) is 0. The van der Waals surface area contributed by atoms with Crippen molar-refractivity contribution in [2.24, 2.45) is 0 Å². The molecular formula is H11CaFeMgMnO6P. The van der Waals surface area contributed by atoms with Gasteiger partial charge in [0.1, 0.15) is 0 Å². The molecule has 11 heteroatoms. The molecule has 0 rings (SSSR count). The van der Waals surface area contributed by atoms with Gasteiger partial charge in [0, 0.05) is 34.1 Å². The zero-order valence-electron chi connectivity index (χ0n) is 3.93. The molecule has 0 bridgehead atoms. The van der Waals surface area contributed by atoms with Crippen LogP contribution in [-0.2, 0) is 38.7 Å². The predicted molar refractivity (Wildman–Crippen MR) is 38.6 cm³/mol. The second-order valence-electron chi connectivity index (χ2n) is 0.513. The van der Waals surface area contributed by atoms with Crippen molar-refractivity contribution in [1.29, 1.82) is 0 Å². The van der Waals surface area contributed by atoms with Gasteiger partial charge in [0.05, 0.1) is 0 Å². The zero-order valence-corrected chi connectivity index (χ0v) is 7.11. The fourth-order valence-electron chi connectivity index (χ4n) is 0. The van der Waals surface area contributed by atoms with Crippen molar-refractivity contribution in [1.82, 2.24) is 0 Å². The molecule has 0 aromatic rings. The maximum absolute atomic E-state index is 8.88. The van der Waals surface area contributed by atoms with E-state index in [1.165, 1.54) is 0 Å². The van der Waals surface area contributed by atoms with Crippen LogP contribution >= 0.6 is 7.82 Å². The summed E-state index contributed by atoms with van der Waals surface area (Å²) in [6.07, 6.45) is 0. The van der Waals surface area contributed by atoms with Gasteiger partial charge in [-0.25, -0.2) is 4.57 Å². The Bertz CT molecular complexity index is 68.7. The minimum Gasteiger partial charge on any atom is 0 e. The molecule has 1 radical (unpaired) electrons. The van der Waals surface area contributed by atoms with Gasteiger partial charge in [-0.15, -0.1) is 0 Å². The molecule has 0 aromatic carbocycles. The smallest absolute Gasteiger partial charge is 0 e. The summed E-state index contributed by atoms with van der Waals surface area (Å²) in [6.45, 7) is 0. The molecular weight excluding hydrogens is 302 g/mol. The monoisotopic (exact) mass is 313 g/mol. The van der Waals surface area contributed by atoms with E-state index in [0.717, 1.165) is 0 Å². The Morgan fingerprint density at radius 1 is 1.00 bits per heavy atom. The van der Waals surface area contributed by atoms with Crippen LogP contribution in [0, 0.1) is 0 Å². The van der Waals surface area contributed by atoms with Crippen LogP contribution in [0.1, 0.15) is 0 Å². The normalized spacial score (nSPS) is 5.36. The minimum atomic E-state index is -4.64. The van der Waals surface area contributed by atoms with Crippen LogP contribution in [0.5, 0.6) is 0 Å². The molecule has 7 N–H and O–H groups in total. The number of hydrogen-bond acceptors (Lipinski definition) is 1. The summed E-state index contributed by atoms with van der Waals surface area (Å²) in [7, 11) is -4.64. The number of hydrogen-bond donors (Lipinski definition) is 3. The molecule has 0 saturated carbocycles. The first-order valence-corrected chi connectivity index (χ1v) is 2.35. The quantitative estimate of drug-likeness (QED) is 0.306. The van der Waals surface area contributed by atoms with Crippen molar-refractivity contribution >= 4 is 68.6 Å². The Morgan fingerprint density at radius 3 is 1.00 bits per heavy atom. The predicted octanol–water partition coefficient (Wildman–Crippen LogP) is -4.42. The van der Waals surface area contributed by atoms with Crippen molar-refractivity contribution in [3.8, 4) is 0 Å². The van der Waals surface area contributed by atoms with E-state index in [1.54, 1.807) is 0 Å². The molecule has 0 aliphatic carbocycles. The third kappa shape index (κ3) is 168. The molecule has 0 aliphatic heterocycles. The summed E-state index contributed by atoms with van der Waals surface area (Å²) in [6, 6.07) is 0. The number of rotatable bonds is 0. The molecule has 0 fully saturated rings. The second-order valence-corrected chi connectivity index (χ2v) is 1.54. The van der Waals surface area contributed by atoms with Gasteiger partial charge in [-0.2, -0.15) is 0 Å². The van der Waals surface area contributed by atoms with Gasteiger partial charge in [-0.3, -0.25) is 0 Å². The van der Waals surface area contributed by atoms with E-state index in [9.17, 15) is 0 Å². The summed E-state index contributed by atoms with van der Waals surface area (Å²) < 4.78 is 8.88. The molecule has 0 aliphatic rings. The van der Waals surface area contributed by atoms with E-state index in [0.29, 0.717) is 0 Å². The fourth-order valence-corrected chi connectivity index (χ4v) is 0. The van der Waals surface area contributed by atoms with Gasteiger partial charge in [0.25, 0.3) is 0 Å². The topological polar surface area (TPSA) is 141 Å². The van der Waals surface area contributed by atoms with Gasteiger partial charge >= 0.3 is 68.6 Å². The van der Waals surface area contributed by atoms with Gasteiger partial charge in [0.2, 0.25) is 0 Å². The summed E-state index contributed by atoms with van der Waals surface area (Å²) in [5.74, 6) is 0. The van der Waals surface area contributed by atoms with Crippen molar-refractivity contribution in [2.75, 3.05) is 0 Å². The average molecular weight is 313 g/mol. The van der Waals surface area contributed by atoms with Crippen LogP contribution in [0.25, 0.3) is 0 Å². The van der Waals surface area contributed by atoms with Crippen LogP contribution in [0.3, 0.4) is 0 Å². The average Bonchev–Trinajstić information content (AvgIpc) is 0.722. The maximum atomic E-state index is 8.88. The van der Waals surface area contributed by atoms with Crippen molar-refractivity contribution in [3.05, 3.63) is 0 Å². The summed E-state index contributed by atoms with van der Waals surface area (Å²) in [5.41, 5.74) is 0. The van der Waals surface area contributed by atoms with Crippen LogP contribution in [0.15, 0.2) is 0 Å². The summed E-state index contributed by atoms with van der Waals surface area (Å²) in [5, 5.41) is 0. The second kappa shape index (κ2) is 23.2. The largest absolute Gasteiger partial charge is 0.316 e. The molecule has 71 valence electrons. The van der Waals surface area contributed by atoms with Crippen LogP contribution in [0.4, 0.5) is 0 Å². The van der Waals surface area contributed by atoms with E-state index in [1.807, 2.05) is 0 Å². The van der Waals surface area contributed by atoms with Crippen LogP contribution < -0.4 is 0 Å². The summed E-state index contributed by atoms with van der Waals surface area (Å²) >= 11 is 0. The summed E-state index contributed by atoms with van der Waals surface area (Å²) in [4.78, 5) is 21.6. The van der Waals surface area contributed by atoms with Crippen molar-refractivity contribution in [3.63, 3.8) is 0 Å². The Labute approximate surface area is 131 Å². The first-order valence-electron chi connectivity index (χ1n) is 0.783. The van der Waals surface area contributed by atoms with E-state index < -0.39 is 7.82 Å². The van der Waals surface area contributed by atoms with Crippen molar-refractivity contribution < 1.29 is 64.3 Å². The molecule has 11 heavy (non-hydrogen) atoms. The Hall–Kier alpha value is 3.09. The first kappa shape index (κ1) is 48.0. The molecule has 0 unspecified atom stereocenters. The molecule has 0 heterocycles. The Balaban J connectivity index is -0.00000000533. The van der Waals surface area contributed by atoms with E-state index >= 15 is 0 Å². The molecule has 0 aromatic heterocycles. The fraction of sp³-hybridized carbons (Fsp3) is 0. The van der Waals surface area contributed by atoms with E-state index in [-0.39, 0.29) is 106 Å². The molecule has 0 atom stereocenters. The molecule has 6 nitrogen and oxygen atoms in total. The standard InChI is InChI=1S/Ca.Fe.Mg.Mn.H3O4P.2H2O.4H/c;;;;1-5(2,3)4;;;;;;/h;;;;(H3,1,2,3,4);2*1H2;;;;. The first-order chi connectivity index (χ1) is 2.00. The Kier molecular flexibility index (Phi) is 101. The Morgan fingerprint density at radius 2 is 1.00 bits per heavy atom. The number of phosphoric acid groups is 1. The van der Waals surface area contributed by atoms with E-state index in [2.05, 4.69) is 0 Å². The van der Waals surface area contributed by atoms with Gasteiger partial charge < -0.3 is 25.6 Å². The minimum absolute atomic E-state index is 0. The van der Waals surface area contributed by atoms with Gasteiger partial charge in [0.15, 0.2) is 0 Å². The SMILES string of the molecule is O.O.O=P(O)(O)O.[CaH2].[Fe].[MgH2].[Mn]. The molecule has 0 amide bonds. The van der Waals surface area contributed by atoms with Crippen LogP contribution in [0.2, 0.25) is 0 Å². The van der Waals surface area contributed by atoms with Crippen LogP contribution in [-0.4, -0.2) is 86.4 Å². The third-order valence-corrected chi connectivity index (χ3v) is 0. The van der Waals surface area contributed by atoms with Gasteiger partial charge in [-0.05, 0) is 0 Å².